The van der Waals surface area contributed by atoms with Gasteiger partial charge in [0.15, 0.2) is 17.5 Å². The molecule has 24 heavy (non-hydrogen) atoms. The highest BCUT2D eigenvalue weighted by Gasteiger charge is 2.22. The number of aromatic hydroxyl groups is 1. The number of methoxy groups -OCH3 is 2. The molecule has 0 amide bonds. The van der Waals surface area contributed by atoms with Crippen molar-refractivity contribution in [3.05, 3.63) is 17.7 Å². The van der Waals surface area contributed by atoms with Crippen molar-refractivity contribution < 1.29 is 14.6 Å². The fraction of sp³-hybridized carbons (Fsp3) is 0.588. The molecule has 7 nitrogen and oxygen atoms in total. The lowest BCUT2D eigenvalue weighted by atomic mass is 10.2. The summed E-state index contributed by atoms with van der Waals surface area (Å²) in [6.07, 6.45) is 2.44. The number of nitrogens with two attached hydrogens (primary N) is 1. The number of likely N-dealkylation sites (tertiary alicyclic amines) is 1. The highest BCUT2D eigenvalue weighted by molar-refractivity contribution is 5.77. The number of guanidine groups is 1. The number of benzene rings is 1. The van der Waals surface area contributed by atoms with Crippen molar-refractivity contribution >= 4 is 5.96 Å². The van der Waals surface area contributed by atoms with E-state index in [1.165, 1.54) is 27.1 Å². The Hall–Kier alpha value is -2.15. The summed E-state index contributed by atoms with van der Waals surface area (Å²) in [7, 11) is 3.00. The molecule has 0 bridgehead atoms. The third kappa shape index (κ3) is 4.44. The third-order valence-corrected chi connectivity index (χ3v) is 4.40. The van der Waals surface area contributed by atoms with Gasteiger partial charge in [-0.15, -0.1) is 0 Å². The lowest BCUT2D eigenvalue weighted by Crippen LogP contribution is -2.42. The van der Waals surface area contributed by atoms with Gasteiger partial charge in [-0.3, -0.25) is 4.90 Å². The average molecular weight is 336 g/mol. The summed E-state index contributed by atoms with van der Waals surface area (Å²) in [5, 5.41) is 13.1. The van der Waals surface area contributed by atoms with E-state index in [2.05, 4.69) is 22.1 Å². The van der Waals surface area contributed by atoms with Gasteiger partial charge in [-0.1, -0.05) is 6.92 Å². The summed E-state index contributed by atoms with van der Waals surface area (Å²) in [6, 6.07) is 3.98. The molecule has 1 aromatic carbocycles. The van der Waals surface area contributed by atoms with Crippen LogP contribution in [0.5, 0.6) is 17.2 Å². The zero-order chi connectivity index (χ0) is 17.5. The largest absolute Gasteiger partial charge is 0.502 e. The second kappa shape index (κ2) is 8.63. The fourth-order valence-corrected chi connectivity index (χ4v) is 3.04. The molecule has 134 valence electrons. The zero-order valence-electron chi connectivity index (χ0n) is 14.7. The van der Waals surface area contributed by atoms with Gasteiger partial charge < -0.3 is 25.6 Å². The first-order valence-corrected chi connectivity index (χ1v) is 8.30. The second-order valence-electron chi connectivity index (χ2n) is 5.86. The Labute approximate surface area is 143 Å². The van der Waals surface area contributed by atoms with Crippen molar-refractivity contribution in [2.24, 2.45) is 10.7 Å². The lowest BCUT2D eigenvalue weighted by molar-refractivity contribution is 0.267. The quantitative estimate of drug-likeness (QED) is 0.513. The molecule has 1 aromatic rings. The molecule has 1 fully saturated rings. The number of ether oxygens (including phenoxy) is 2. The first kappa shape index (κ1) is 18.2. The molecular weight excluding hydrogens is 308 g/mol. The van der Waals surface area contributed by atoms with Gasteiger partial charge in [0.05, 0.1) is 20.8 Å². The average Bonchev–Trinajstić information content (AvgIpc) is 3.06. The standard InChI is InChI=1S/C17H28N4O3/c1-4-21-7-5-6-13(21)11-20-17(18)19-10-12-8-14(23-2)16(22)15(9-12)24-3/h8-9,13,22H,4-7,10-11H2,1-3H3,(H3,18,19,20). The first-order valence-electron chi connectivity index (χ1n) is 8.30. The molecular formula is C17H28N4O3. The van der Waals surface area contributed by atoms with Crippen molar-refractivity contribution in [2.75, 3.05) is 33.9 Å². The zero-order valence-corrected chi connectivity index (χ0v) is 14.7. The van der Waals surface area contributed by atoms with Gasteiger partial charge in [0, 0.05) is 12.6 Å². The summed E-state index contributed by atoms with van der Waals surface area (Å²) in [5.41, 5.74) is 6.82. The number of phenols is 1. The maximum Gasteiger partial charge on any atom is 0.200 e. The van der Waals surface area contributed by atoms with Crippen LogP contribution < -0.4 is 20.5 Å². The van der Waals surface area contributed by atoms with E-state index in [1.54, 1.807) is 12.1 Å². The molecule has 0 saturated carbocycles. The molecule has 0 spiro atoms. The van der Waals surface area contributed by atoms with Crippen LogP contribution in [0.1, 0.15) is 25.3 Å². The number of nitrogens with one attached hydrogen (secondary N) is 1. The van der Waals surface area contributed by atoms with Crippen LogP contribution in [0.4, 0.5) is 0 Å². The van der Waals surface area contributed by atoms with Crippen LogP contribution in [-0.4, -0.2) is 55.9 Å². The van der Waals surface area contributed by atoms with E-state index in [9.17, 15) is 5.11 Å². The van der Waals surface area contributed by atoms with Gasteiger partial charge in [-0.25, -0.2) is 4.99 Å². The number of rotatable bonds is 7. The Morgan fingerprint density at radius 2 is 2.04 bits per heavy atom. The smallest absolute Gasteiger partial charge is 0.200 e. The predicted octanol–water partition coefficient (Wildman–Crippen LogP) is 1.30. The maximum atomic E-state index is 9.92. The van der Waals surface area contributed by atoms with E-state index >= 15 is 0 Å². The Kier molecular flexibility index (Phi) is 6.54. The number of likely N-dealkylation sites (N-methyl/N-ethyl adjacent to an activating group) is 1. The van der Waals surface area contributed by atoms with Crippen LogP contribution in [0, 0.1) is 0 Å². The molecule has 1 aliphatic rings. The molecule has 7 heteroatoms. The van der Waals surface area contributed by atoms with Gasteiger partial charge in [0.1, 0.15) is 0 Å². The van der Waals surface area contributed by atoms with Crippen LogP contribution in [0.2, 0.25) is 0 Å². The Bertz CT molecular complexity index is 552. The highest BCUT2D eigenvalue weighted by Crippen LogP contribution is 2.37. The Balaban J connectivity index is 1.94. The van der Waals surface area contributed by atoms with Gasteiger partial charge in [-0.2, -0.15) is 0 Å². The van der Waals surface area contributed by atoms with Crippen molar-refractivity contribution in [1.29, 1.82) is 0 Å². The minimum atomic E-state index is -0.0142. The number of aliphatic imine (C=N–C) groups is 1. The number of hydrogen-bond donors (Lipinski definition) is 3. The fourth-order valence-electron chi connectivity index (χ4n) is 3.04. The van der Waals surface area contributed by atoms with Crippen molar-refractivity contribution in [1.82, 2.24) is 10.2 Å². The lowest BCUT2D eigenvalue weighted by Gasteiger charge is -2.23. The molecule has 1 heterocycles. The van der Waals surface area contributed by atoms with E-state index in [1.807, 2.05) is 0 Å². The summed E-state index contributed by atoms with van der Waals surface area (Å²) >= 11 is 0. The van der Waals surface area contributed by atoms with Gasteiger partial charge in [0.25, 0.3) is 0 Å². The van der Waals surface area contributed by atoms with Crippen molar-refractivity contribution in [2.45, 2.75) is 32.4 Å². The van der Waals surface area contributed by atoms with Gasteiger partial charge in [0.2, 0.25) is 5.75 Å². The summed E-state index contributed by atoms with van der Waals surface area (Å²) in [5.74, 6) is 1.12. The molecule has 1 saturated heterocycles. The van der Waals surface area contributed by atoms with Crippen LogP contribution in [0.3, 0.4) is 0 Å². The summed E-state index contributed by atoms with van der Waals surface area (Å²) in [6.45, 7) is 5.60. The van der Waals surface area contributed by atoms with Crippen molar-refractivity contribution in [3.63, 3.8) is 0 Å². The minimum Gasteiger partial charge on any atom is -0.502 e. The number of hydrogen-bond acceptors (Lipinski definition) is 5. The third-order valence-electron chi connectivity index (χ3n) is 4.40. The summed E-state index contributed by atoms with van der Waals surface area (Å²) in [4.78, 5) is 6.81. The second-order valence-corrected chi connectivity index (χ2v) is 5.86. The topological polar surface area (TPSA) is 92.3 Å². The van der Waals surface area contributed by atoms with E-state index in [4.69, 9.17) is 15.2 Å². The number of phenolic OH excluding ortho intramolecular Hbond substituents is 1. The predicted molar refractivity (Wildman–Crippen MR) is 94.8 cm³/mol. The Morgan fingerprint density at radius 1 is 1.38 bits per heavy atom. The highest BCUT2D eigenvalue weighted by atomic mass is 16.5. The molecule has 1 aliphatic heterocycles. The molecule has 2 rings (SSSR count). The Morgan fingerprint density at radius 3 is 2.62 bits per heavy atom. The van der Waals surface area contributed by atoms with Crippen LogP contribution in [0.15, 0.2) is 17.1 Å². The normalized spacial score (nSPS) is 18.6. The van der Waals surface area contributed by atoms with Crippen molar-refractivity contribution in [3.8, 4) is 17.2 Å². The SMILES string of the molecule is CCN1CCCC1CNC(N)=NCc1cc(OC)c(O)c(OC)c1. The maximum absolute atomic E-state index is 9.92. The van der Waals surface area contributed by atoms with E-state index in [-0.39, 0.29) is 5.75 Å². The van der Waals surface area contributed by atoms with Crippen LogP contribution in [-0.2, 0) is 6.54 Å². The van der Waals surface area contributed by atoms with Crippen LogP contribution in [0.25, 0.3) is 0 Å². The monoisotopic (exact) mass is 336 g/mol. The molecule has 4 N–H and O–H groups in total. The molecule has 1 unspecified atom stereocenters. The number of nitrogens with zero attached hydrogens (tertiary/aromatic N) is 2. The summed E-state index contributed by atoms with van der Waals surface area (Å²) < 4.78 is 10.3. The van der Waals surface area contributed by atoms with E-state index < -0.39 is 0 Å². The van der Waals surface area contributed by atoms with Crippen LogP contribution >= 0.6 is 0 Å². The molecule has 1 atom stereocenters. The molecule has 0 aromatic heterocycles. The molecule has 0 aliphatic carbocycles. The molecule has 0 radical (unpaired) electrons. The van der Waals surface area contributed by atoms with Gasteiger partial charge >= 0.3 is 0 Å². The van der Waals surface area contributed by atoms with E-state index in [0.29, 0.717) is 30.0 Å². The van der Waals surface area contributed by atoms with Gasteiger partial charge in [-0.05, 0) is 43.6 Å². The van der Waals surface area contributed by atoms with E-state index in [0.717, 1.165) is 25.2 Å². The first-order chi connectivity index (χ1) is 11.6. The minimum absolute atomic E-state index is 0.0142.